The first-order valence-electron chi connectivity index (χ1n) is 17.8. The van der Waals surface area contributed by atoms with Crippen LogP contribution in [0.1, 0.15) is 153 Å². The molecule has 0 saturated carbocycles. The van der Waals surface area contributed by atoms with E-state index in [1.54, 1.807) is 27.7 Å². The normalized spacial score (nSPS) is 15.1. The Morgan fingerprint density at radius 3 is 1.32 bits per heavy atom. The smallest absolute Gasteiger partial charge is 0.440 e. The molecule has 0 aromatic heterocycles. The Labute approximate surface area is 336 Å². The molecule has 0 spiro atoms. The maximum Gasteiger partial charge on any atom is 0.463 e. The van der Waals surface area contributed by atoms with Gasteiger partial charge in [0.15, 0.2) is 0 Å². The zero-order chi connectivity index (χ0) is 39.0. The summed E-state index contributed by atoms with van der Waals surface area (Å²) in [6.45, 7) is 44.0. The van der Waals surface area contributed by atoms with E-state index in [-0.39, 0.29) is 56.3 Å². The van der Waals surface area contributed by atoms with Crippen LogP contribution in [0.4, 0.5) is 0 Å². The number of hydrogen-bond donors (Lipinski definition) is 1. The van der Waals surface area contributed by atoms with Gasteiger partial charge in [0.2, 0.25) is 0 Å². The fourth-order valence-electron chi connectivity index (χ4n) is 3.84. The van der Waals surface area contributed by atoms with Gasteiger partial charge in [-0.3, -0.25) is 11.1 Å². The first kappa shape index (κ1) is 53.1. The van der Waals surface area contributed by atoms with Crippen LogP contribution < -0.4 is 0 Å². The van der Waals surface area contributed by atoms with Gasteiger partial charge >= 0.3 is 7.12 Å². The van der Waals surface area contributed by atoms with E-state index in [2.05, 4.69) is 111 Å². The third-order valence-corrected chi connectivity index (χ3v) is 8.83. The number of rotatable bonds is 7. The molecule has 0 aliphatic carbocycles. The van der Waals surface area contributed by atoms with Crippen molar-refractivity contribution in [1.29, 1.82) is 0 Å². The zero-order valence-corrected chi connectivity index (χ0v) is 38.1. The molecular formula is C43H70B2O4Y-2. The second-order valence-corrected chi connectivity index (χ2v) is 15.3. The molecule has 3 radical (unpaired) electrons. The molecule has 0 unspecified atom stereocenters. The molecule has 0 atom stereocenters. The molecule has 4 nitrogen and oxygen atoms in total. The predicted molar refractivity (Wildman–Crippen MR) is 219 cm³/mol. The summed E-state index contributed by atoms with van der Waals surface area (Å²) in [5.74, 6) is 0.884. The number of benzene rings is 2. The van der Waals surface area contributed by atoms with Gasteiger partial charge in [0.1, 0.15) is 0 Å². The molecule has 50 heavy (non-hydrogen) atoms. The van der Waals surface area contributed by atoms with Crippen LogP contribution in [0.15, 0.2) is 49.6 Å². The molecule has 0 bridgehead atoms. The van der Waals surface area contributed by atoms with Crippen molar-refractivity contribution < 1.29 is 51.8 Å². The molecule has 277 valence electrons. The van der Waals surface area contributed by atoms with E-state index < -0.39 is 11.2 Å². The number of allylic oxidation sites excluding steroid dienone is 2. The summed E-state index contributed by atoms with van der Waals surface area (Å²) in [5, 5.41) is 11.7. The van der Waals surface area contributed by atoms with Gasteiger partial charge < -0.3 is 19.1 Å². The SMILES string of the molecule is C=Cc1c([C-]=CC)c([C-]=CC)c(C=C)c2ccccc12.CC.CC(C)(C)B1OC(C)(C)C(C)(C)O1.CCC(C)C.[B]OC(C)(C)C(C)(C)O.[Y]. The van der Waals surface area contributed by atoms with Gasteiger partial charge in [0.05, 0.1) is 22.4 Å². The van der Waals surface area contributed by atoms with Crippen LogP contribution >= 0.6 is 0 Å². The van der Waals surface area contributed by atoms with E-state index in [1.165, 1.54) is 17.2 Å². The van der Waals surface area contributed by atoms with Crippen molar-refractivity contribution in [2.75, 3.05) is 0 Å². The number of hydrogen-bond acceptors (Lipinski definition) is 4. The van der Waals surface area contributed by atoms with Crippen LogP contribution in [-0.4, -0.2) is 42.7 Å². The zero-order valence-electron chi connectivity index (χ0n) is 35.2. The summed E-state index contributed by atoms with van der Waals surface area (Å²) >= 11 is 0. The Balaban J connectivity index is -0.000000637. The van der Waals surface area contributed by atoms with Crippen molar-refractivity contribution in [3.8, 4) is 0 Å². The van der Waals surface area contributed by atoms with Gasteiger partial charge in [-0.1, -0.05) is 111 Å². The summed E-state index contributed by atoms with van der Waals surface area (Å²) < 4.78 is 16.4. The minimum Gasteiger partial charge on any atom is -0.440 e. The molecule has 1 aliphatic heterocycles. The molecule has 2 aromatic carbocycles. The monoisotopic (exact) mass is 761 g/mol. The third-order valence-electron chi connectivity index (χ3n) is 8.83. The van der Waals surface area contributed by atoms with Crippen LogP contribution in [0.2, 0.25) is 5.31 Å². The average molecular weight is 762 g/mol. The summed E-state index contributed by atoms with van der Waals surface area (Å²) in [7, 11) is 4.83. The Morgan fingerprint density at radius 2 is 1.16 bits per heavy atom. The van der Waals surface area contributed by atoms with Gasteiger partial charge in [0.25, 0.3) is 8.05 Å². The van der Waals surface area contributed by atoms with Gasteiger partial charge in [-0.15, -0.1) is 25.3 Å². The Morgan fingerprint density at radius 1 is 0.840 bits per heavy atom. The van der Waals surface area contributed by atoms with Crippen LogP contribution in [0.25, 0.3) is 22.9 Å². The Hall–Kier alpha value is -1.27. The molecule has 3 rings (SSSR count). The Bertz CT molecular complexity index is 1260. The maximum atomic E-state index is 9.34. The van der Waals surface area contributed by atoms with Gasteiger partial charge in [0, 0.05) is 32.7 Å². The fraction of sp³-hybridized carbons (Fsp3) is 0.581. The van der Waals surface area contributed by atoms with Gasteiger partial charge in [-0.05, 0) is 66.6 Å². The average Bonchev–Trinajstić information content (AvgIpc) is 3.25. The van der Waals surface area contributed by atoms with Crippen molar-refractivity contribution in [3.63, 3.8) is 0 Å². The predicted octanol–water partition coefficient (Wildman–Crippen LogP) is 12.2. The largest absolute Gasteiger partial charge is 0.463 e. The van der Waals surface area contributed by atoms with Crippen LogP contribution in [-0.2, 0) is 46.7 Å². The van der Waals surface area contributed by atoms with E-state index in [1.807, 2.05) is 64.1 Å². The molecule has 1 heterocycles. The third kappa shape index (κ3) is 15.8. The van der Waals surface area contributed by atoms with E-state index in [0.717, 1.165) is 28.2 Å². The Kier molecular flexibility index (Phi) is 24.9. The van der Waals surface area contributed by atoms with Crippen LogP contribution in [0.5, 0.6) is 0 Å². The fourth-order valence-corrected chi connectivity index (χ4v) is 3.84. The van der Waals surface area contributed by atoms with Crippen molar-refractivity contribution in [3.05, 3.63) is 84.0 Å². The summed E-state index contributed by atoms with van der Waals surface area (Å²) in [4.78, 5) is 0. The quantitative estimate of drug-likeness (QED) is 0.225. The first-order valence-corrected chi connectivity index (χ1v) is 17.8. The van der Waals surface area contributed by atoms with Crippen LogP contribution in [0, 0.1) is 18.1 Å². The van der Waals surface area contributed by atoms with E-state index in [0.29, 0.717) is 0 Å². The first-order chi connectivity index (χ1) is 22.4. The summed E-state index contributed by atoms with van der Waals surface area (Å²) in [6, 6.07) is 8.31. The number of aliphatic hydroxyl groups is 1. The standard InChI is InChI=1S/C20H18.C10H21BO2.C6H13BO2.C5H12.C2H6.Y/c1-5-11-17-15(7-3)19-13-9-10-14-20(19)16(8-4)18(17)12-6-2;1-8(2,3)11-12-9(4,5)10(6,7)13-11;1-5(2,8)6(3,4)9-7;1-4-5(2)3;1-2;/h5-10,13-14H,3-4H2,1-2H3;1-7H3;8H,1-4H3;5H,4H2,1-3H3;1-2H3;/q-2;;;;;. The van der Waals surface area contributed by atoms with Crippen molar-refractivity contribution >= 4 is 38.1 Å². The van der Waals surface area contributed by atoms with Gasteiger partial charge in [-0.25, -0.2) is 12.2 Å². The molecular weight excluding hydrogens is 691 g/mol. The van der Waals surface area contributed by atoms with E-state index in [9.17, 15) is 5.11 Å². The molecule has 1 saturated heterocycles. The van der Waals surface area contributed by atoms with E-state index in [4.69, 9.17) is 17.4 Å². The second-order valence-electron chi connectivity index (χ2n) is 15.3. The summed E-state index contributed by atoms with van der Waals surface area (Å²) in [5.41, 5.74) is 2.23. The minimum atomic E-state index is -0.901. The maximum absolute atomic E-state index is 9.34. The number of fused-ring (bicyclic) bond motifs is 1. The van der Waals surface area contributed by atoms with Crippen molar-refractivity contribution in [2.24, 2.45) is 5.92 Å². The molecule has 1 aliphatic rings. The molecule has 2 aromatic rings. The van der Waals surface area contributed by atoms with Crippen molar-refractivity contribution in [1.82, 2.24) is 0 Å². The van der Waals surface area contributed by atoms with E-state index >= 15 is 0 Å². The molecule has 1 fully saturated rings. The van der Waals surface area contributed by atoms with Crippen LogP contribution in [0.3, 0.4) is 0 Å². The molecule has 1 N–H and O–H groups in total. The second kappa shape index (κ2) is 23.4. The topological polar surface area (TPSA) is 47.9 Å². The molecule has 0 amide bonds. The molecule has 7 heteroatoms. The van der Waals surface area contributed by atoms with Gasteiger partial charge in [-0.2, -0.15) is 23.3 Å². The summed E-state index contributed by atoms with van der Waals surface area (Å²) in [6.07, 6.45) is 15.6. The van der Waals surface area contributed by atoms with Crippen molar-refractivity contribution in [2.45, 2.75) is 159 Å². The minimum absolute atomic E-state index is 0.